The van der Waals surface area contributed by atoms with Crippen LogP contribution < -0.4 is 4.90 Å². The number of esters is 1. The number of rotatable bonds is 5. The van der Waals surface area contributed by atoms with Gasteiger partial charge >= 0.3 is 5.97 Å². The Bertz CT molecular complexity index is 1010. The molecule has 9 heteroatoms. The smallest absolute Gasteiger partial charge is 0.343 e. The molecular formula is C19H20FN5O3. The Morgan fingerprint density at radius 2 is 2.21 bits per heavy atom. The van der Waals surface area contributed by atoms with E-state index in [1.807, 2.05) is 4.90 Å². The minimum atomic E-state index is -0.492. The molecule has 0 aliphatic carbocycles. The van der Waals surface area contributed by atoms with Gasteiger partial charge in [0.15, 0.2) is 5.65 Å². The number of carbonyl (C=O) groups excluding carboxylic acids is 1. The first kappa shape index (κ1) is 18.3. The number of nitrogens with zero attached hydrogens (tertiary/aromatic N) is 5. The number of aliphatic hydroxyl groups excluding tert-OH is 1. The van der Waals surface area contributed by atoms with Crippen LogP contribution >= 0.6 is 0 Å². The van der Waals surface area contributed by atoms with Crippen LogP contribution in [0.5, 0.6) is 0 Å². The number of fused-ring (bicyclic) bond motifs is 1. The van der Waals surface area contributed by atoms with Crippen LogP contribution in [0.15, 0.2) is 36.9 Å². The highest BCUT2D eigenvalue weighted by Crippen LogP contribution is 2.39. The number of aliphatic hydroxyl groups is 1. The van der Waals surface area contributed by atoms with Gasteiger partial charge in [-0.15, -0.1) is 0 Å². The molecule has 1 fully saturated rings. The Kier molecular flexibility index (Phi) is 4.91. The van der Waals surface area contributed by atoms with E-state index in [9.17, 15) is 14.3 Å². The summed E-state index contributed by atoms with van der Waals surface area (Å²) in [5.74, 6) is -0.328. The first-order valence-corrected chi connectivity index (χ1v) is 9.13. The Balaban J connectivity index is 1.77. The second-order valence-electron chi connectivity index (χ2n) is 6.61. The number of hydrogen-bond acceptors (Lipinski definition) is 7. The number of aromatic nitrogens is 4. The topological polar surface area (TPSA) is 92.8 Å². The molecule has 8 nitrogen and oxygen atoms in total. The highest BCUT2D eigenvalue weighted by molar-refractivity contribution is 5.95. The Labute approximate surface area is 160 Å². The van der Waals surface area contributed by atoms with E-state index in [-0.39, 0.29) is 30.9 Å². The van der Waals surface area contributed by atoms with E-state index in [1.54, 1.807) is 25.4 Å². The predicted molar refractivity (Wildman–Crippen MR) is 98.5 cm³/mol. The van der Waals surface area contributed by atoms with Crippen molar-refractivity contribution < 1.29 is 19.0 Å². The molecule has 0 radical (unpaired) electrons. The molecule has 2 unspecified atom stereocenters. The molecule has 0 saturated carbocycles. The largest absolute Gasteiger partial charge is 0.462 e. The molecule has 0 spiro atoms. The number of ether oxygens (including phenoxy) is 1. The third-order valence-electron chi connectivity index (χ3n) is 4.94. The molecule has 1 saturated heterocycles. The molecule has 0 amide bonds. The second-order valence-corrected chi connectivity index (χ2v) is 6.61. The van der Waals surface area contributed by atoms with Gasteiger partial charge < -0.3 is 14.7 Å². The Morgan fingerprint density at radius 1 is 1.36 bits per heavy atom. The van der Waals surface area contributed by atoms with Crippen LogP contribution in [0.1, 0.15) is 41.7 Å². The predicted octanol–water partition coefficient (Wildman–Crippen LogP) is 2.14. The van der Waals surface area contributed by atoms with Crippen LogP contribution in [0.2, 0.25) is 0 Å². The molecule has 1 N–H and O–H groups in total. The van der Waals surface area contributed by atoms with Crippen molar-refractivity contribution in [1.82, 2.24) is 19.6 Å². The highest BCUT2D eigenvalue weighted by atomic mass is 19.1. The third-order valence-corrected chi connectivity index (χ3v) is 4.94. The van der Waals surface area contributed by atoms with Crippen LogP contribution in [-0.2, 0) is 4.74 Å². The zero-order chi connectivity index (χ0) is 19.7. The number of halogens is 1. The van der Waals surface area contributed by atoms with Gasteiger partial charge in [0, 0.05) is 12.4 Å². The Hall–Kier alpha value is -3.07. The molecule has 1 aliphatic rings. The first-order chi connectivity index (χ1) is 13.6. The summed E-state index contributed by atoms with van der Waals surface area (Å²) < 4.78 is 20.3. The van der Waals surface area contributed by atoms with Gasteiger partial charge in [-0.2, -0.15) is 5.10 Å². The van der Waals surface area contributed by atoms with Gasteiger partial charge in [0.25, 0.3) is 0 Å². The summed E-state index contributed by atoms with van der Waals surface area (Å²) in [5, 5.41) is 14.0. The number of hydrogen-bond donors (Lipinski definition) is 1. The fourth-order valence-electron chi connectivity index (χ4n) is 3.70. The lowest BCUT2D eigenvalue weighted by molar-refractivity contribution is 0.0528. The van der Waals surface area contributed by atoms with Crippen molar-refractivity contribution in [2.75, 3.05) is 18.1 Å². The number of pyridine rings is 1. The quantitative estimate of drug-likeness (QED) is 0.673. The third kappa shape index (κ3) is 3.18. The lowest BCUT2D eigenvalue weighted by Crippen LogP contribution is -2.35. The fourth-order valence-corrected chi connectivity index (χ4v) is 3.70. The van der Waals surface area contributed by atoms with Crippen molar-refractivity contribution in [1.29, 1.82) is 0 Å². The number of carbonyl (C=O) groups is 1. The summed E-state index contributed by atoms with van der Waals surface area (Å²) in [5.41, 5.74) is 1.36. The summed E-state index contributed by atoms with van der Waals surface area (Å²) in [6.45, 7) is 1.93. The van der Waals surface area contributed by atoms with E-state index < -0.39 is 11.8 Å². The normalized spacial score (nSPS) is 19.3. The zero-order valence-corrected chi connectivity index (χ0v) is 15.3. The maximum atomic E-state index is 13.7. The molecule has 4 heterocycles. The maximum absolute atomic E-state index is 13.7. The van der Waals surface area contributed by atoms with Gasteiger partial charge in [0.1, 0.15) is 17.2 Å². The van der Waals surface area contributed by atoms with Gasteiger partial charge in [-0.1, -0.05) is 0 Å². The second kappa shape index (κ2) is 7.51. The van der Waals surface area contributed by atoms with E-state index in [1.165, 1.54) is 16.8 Å². The summed E-state index contributed by atoms with van der Waals surface area (Å²) >= 11 is 0. The van der Waals surface area contributed by atoms with E-state index in [0.717, 1.165) is 24.6 Å². The minimum Gasteiger partial charge on any atom is -0.462 e. The van der Waals surface area contributed by atoms with Crippen molar-refractivity contribution in [3.63, 3.8) is 0 Å². The maximum Gasteiger partial charge on any atom is 0.343 e. The Morgan fingerprint density at radius 3 is 2.96 bits per heavy atom. The van der Waals surface area contributed by atoms with Crippen molar-refractivity contribution in [2.24, 2.45) is 0 Å². The molecule has 1 aliphatic heterocycles. The van der Waals surface area contributed by atoms with Gasteiger partial charge in [0.2, 0.25) is 0 Å². The van der Waals surface area contributed by atoms with E-state index in [0.29, 0.717) is 11.5 Å². The average molecular weight is 385 g/mol. The van der Waals surface area contributed by atoms with Gasteiger partial charge in [-0.25, -0.2) is 18.7 Å². The molecule has 3 aromatic heterocycles. The highest BCUT2D eigenvalue weighted by Gasteiger charge is 2.35. The van der Waals surface area contributed by atoms with E-state index >= 15 is 0 Å². The molecule has 0 aromatic carbocycles. The van der Waals surface area contributed by atoms with Crippen LogP contribution in [-0.4, -0.2) is 49.9 Å². The minimum absolute atomic E-state index is 0.0594. The zero-order valence-electron chi connectivity index (χ0n) is 15.3. The van der Waals surface area contributed by atoms with Gasteiger partial charge in [-0.05, 0) is 37.5 Å². The summed E-state index contributed by atoms with van der Waals surface area (Å²) in [6.07, 6.45) is 7.37. The summed E-state index contributed by atoms with van der Waals surface area (Å²) in [7, 11) is 0. The van der Waals surface area contributed by atoms with Crippen molar-refractivity contribution >= 4 is 17.4 Å². The summed E-state index contributed by atoms with van der Waals surface area (Å²) in [4.78, 5) is 22.7. The molecule has 2 atom stereocenters. The van der Waals surface area contributed by atoms with Crippen molar-refractivity contribution in [3.8, 4) is 0 Å². The van der Waals surface area contributed by atoms with E-state index in [2.05, 4.69) is 15.1 Å². The lowest BCUT2D eigenvalue weighted by Gasteiger charge is -2.30. The van der Waals surface area contributed by atoms with Crippen LogP contribution in [0.25, 0.3) is 5.65 Å². The SMILES string of the molecule is CCOC(=O)c1cnn2ccc(N3C(CO)CCC3c3cncc(F)c3)nc12. The molecule has 0 bridgehead atoms. The number of anilines is 1. The summed E-state index contributed by atoms with van der Waals surface area (Å²) in [6, 6.07) is 2.87. The first-order valence-electron chi connectivity index (χ1n) is 9.13. The molecule has 28 heavy (non-hydrogen) atoms. The molecule has 3 aromatic rings. The average Bonchev–Trinajstić information content (AvgIpc) is 3.31. The molecule has 146 valence electrons. The van der Waals surface area contributed by atoms with Crippen LogP contribution in [0, 0.1) is 5.82 Å². The van der Waals surface area contributed by atoms with Gasteiger partial charge in [0.05, 0.1) is 37.7 Å². The monoisotopic (exact) mass is 385 g/mol. The molecule has 4 rings (SSSR count). The van der Waals surface area contributed by atoms with Crippen molar-refractivity contribution in [2.45, 2.75) is 31.8 Å². The lowest BCUT2D eigenvalue weighted by atomic mass is 10.1. The fraction of sp³-hybridized carbons (Fsp3) is 0.368. The van der Waals surface area contributed by atoms with Crippen LogP contribution in [0.3, 0.4) is 0 Å². The van der Waals surface area contributed by atoms with E-state index in [4.69, 9.17) is 4.74 Å². The standard InChI is InChI=1S/C19H20FN5O3/c1-2-28-19(27)15-10-22-24-6-5-17(23-18(15)24)25-14(11-26)3-4-16(25)12-7-13(20)9-21-8-12/h5-10,14,16,26H,2-4,11H2,1H3. The van der Waals surface area contributed by atoms with Crippen molar-refractivity contribution in [3.05, 3.63) is 53.9 Å². The molecular weight excluding hydrogens is 365 g/mol. The van der Waals surface area contributed by atoms with Crippen LogP contribution in [0.4, 0.5) is 10.2 Å². The van der Waals surface area contributed by atoms with Gasteiger partial charge in [-0.3, -0.25) is 4.98 Å².